The highest BCUT2D eigenvalue weighted by molar-refractivity contribution is 5.92. The molecule has 0 unspecified atom stereocenters. The molecule has 9 nitrogen and oxygen atoms in total. The first-order valence-electron chi connectivity index (χ1n) is 9.90. The number of aryl methyl sites for hydroxylation is 1. The molecule has 0 aliphatic rings. The van der Waals surface area contributed by atoms with Crippen LogP contribution in [0.1, 0.15) is 27.3 Å². The van der Waals surface area contributed by atoms with Crippen LogP contribution in [0.2, 0.25) is 0 Å². The van der Waals surface area contributed by atoms with E-state index in [0.717, 1.165) is 10.7 Å². The van der Waals surface area contributed by atoms with E-state index >= 15 is 0 Å². The van der Waals surface area contributed by atoms with Gasteiger partial charge in [-0.1, -0.05) is 36.4 Å². The average Bonchev–Trinajstić information content (AvgIpc) is 2.77. The van der Waals surface area contributed by atoms with Gasteiger partial charge in [0.2, 0.25) is 5.43 Å². The Morgan fingerprint density at radius 2 is 1.79 bits per heavy atom. The summed E-state index contributed by atoms with van der Waals surface area (Å²) in [5.41, 5.74) is 0.211. The minimum absolute atomic E-state index is 0.0169. The molecule has 0 atom stereocenters. The normalized spacial score (nSPS) is 11.3. The fraction of sp³-hybridized carbons (Fsp3) is 0.227. The summed E-state index contributed by atoms with van der Waals surface area (Å²) < 4.78 is 42.2. The van der Waals surface area contributed by atoms with Crippen molar-refractivity contribution < 1.29 is 27.6 Å². The highest BCUT2D eigenvalue weighted by atomic mass is 19.4. The van der Waals surface area contributed by atoms with Crippen molar-refractivity contribution in [3.05, 3.63) is 97.4 Å². The van der Waals surface area contributed by atoms with E-state index in [1.807, 2.05) is 0 Å². The first-order valence-corrected chi connectivity index (χ1v) is 9.90. The van der Waals surface area contributed by atoms with E-state index < -0.39 is 34.7 Å². The van der Waals surface area contributed by atoms with Crippen LogP contribution in [0.25, 0.3) is 5.69 Å². The van der Waals surface area contributed by atoms with Gasteiger partial charge in [0.25, 0.3) is 11.6 Å². The number of halogens is 3. The molecule has 1 N–H and O–H groups in total. The van der Waals surface area contributed by atoms with Crippen LogP contribution in [0.15, 0.2) is 59.4 Å². The molecule has 12 heteroatoms. The quantitative estimate of drug-likeness (QED) is 0.393. The highest BCUT2D eigenvalue weighted by Crippen LogP contribution is 2.22. The number of hydrogen-bond acceptors (Lipinski definition) is 6. The second kappa shape index (κ2) is 10.3. The number of benzene rings is 2. The first-order chi connectivity index (χ1) is 16.0. The van der Waals surface area contributed by atoms with Crippen molar-refractivity contribution >= 4 is 11.6 Å². The van der Waals surface area contributed by atoms with E-state index in [-0.39, 0.29) is 24.5 Å². The second-order valence-electron chi connectivity index (χ2n) is 7.26. The maximum Gasteiger partial charge on any atom is 0.411 e. The van der Waals surface area contributed by atoms with Gasteiger partial charge in [-0.3, -0.25) is 19.7 Å². The fourth-order valence-electron chi connectivity index (χ4n) is 3.05. The van der Waals surface area contributed by atoms with Gasteiger partial charge in [-0.05, 0) is 24.1 Å². The summed E-state index contributed by atoms with van der Waals surface area (Å²) >= 11 is 0. The standard InChI is InChI=1S/C22H19F3N4O5/c1-14-10-19(30)20(27-28(14)17-4-2-3-5-18(17)29(32)33)21(31)26-11-15-6-8-16(9-7-15)12-34-13-22(23,24)25/h2-10H,11-13H2,1H3,(H,26,31). The van der Waals surface area contributed by atoms with Crippen molar-refractivity contribution in [2.45, 2.75) is 26.3 Å². The molecule has 0 aliphatic heterocycles. The van der Waals surface area contributed by atoms with Gasteiger partial charge in [0.05, 0.1) is 11.5 Å². The summed E-state index contributed by atoms with van der Waals surface area (Å²) in [7, 11) is 0. The number of rotatable bonds is 8. The lowest BCUT2D eigenvalue weighted by Crippen LogP contribution is -2.31. The molecule has 178 valence electrons. The molecule has 3 aromatic rings. The number of nitrogens with one attached hydrogen (secondary N) is 1. The molecule has 34 heavy (non-hydrogen) atoms. The lowest BCUT2D eigenvalue weighted by Gasteiger charge is -2.12. The van der Waals surface area contributed by atoms with E-state index in [1.165, 1.54) is 25.1 Å². The summed E-state index contributed by atoms with van der Waals surface area (Å²) in [6, 6.07) is 13.3. The summed E-state index contributed by atoms with van der Waals surface area (Å²) in [6.45, 7) is -0.0155. The zero-order valence-corrected chi connectivity index (χ0v) is 17.8. The van der Waals surface area contributed by atoms with Gasteiger partial charge in [-0.15, -0.1) is 0 Å². The van der Waals surface area contributed by atoms with Crippen molar-refractivity contribution in [3.8, 4) is 5.69 Å². The van der Waals surface area contributed by atoms with Gasteiger partial charge >= 0.3 is 6.18 Å². The lowest BCUT2D eigenvalue weighted by atomic mass is 10.1. The summed E-state index contributed by atoms with van der Waals surface area (Å²) in [4.78, 5) is 35.7. The van der Waals surface area contributed by atoms with Crippen molar-refractivity contribution in [2.24, 2.45) is 0 Å². The molecular formula is C22H19F3N4O5. The third-order valence-corrected chi connectivity index (χ3v) is 4.64. The minimum atomic E-state index is -4.40. The number of amides is 1. The SMILES string of the molecule is Cc1cc(=O)c(C(=O)NCc2ccc(COCC(F)(F)F)cc2)nn1-c1ccccc1[N+](=O)[O-]. The molecule has 0 spiro atoms. The Balaban J connectivity index is 1.72. The van der Waals surface area contributed by atoms with Crippen molar-refractivity contribution in [3.63, 3.8) is 0 Å². The van der Waals surface area contributed by atoms with E-state index in [4.69, 9.17) is 0 Å². The number of nitro benzene ring substituents is 1. The Labute approximate surface area is 190 Å². The highest BCUT2D eigenvalue weighted by Gasteiger charge is 2.27. The number of hydrogen-bond donors (Lipinski definition) is 1. The molecule has 1 aromatic heterocycles. The maximum absolute atomic E-state index is 12.6. The predicted octanol–water partition coefficient (Wildman–Crippen LogP) is 3.46. The Kier molecular flexibility index (Phi) is 7.41. The minimum Gasteiger partial charge on any atom is -0.367 e. The maximum atomic E-state index is 12.6. The number of alkyl halides is 3. The molecule has 1 amide bonds. The van der Waals surface area contributed by atoms with Crippen LogP contribution >= 0.6 is 0 Å². The fourth-order valence-corrected chi connectivity index (χ4v) is 3.05. The Morgan fingerprint density at radius 3 is 2.44 bits per heavy atom. The van der Waals surface area contributed by atoms with Crippen LogP contribution < -0.4 is 10.7 Å². The van der Waals surface area contributed by atoms with Gasteiger partial charge < -0.3 is 10.1 Å². The van der Waals surface area contributed by atoms with E-state index in [9.17, 15) is 32.9 Å². The summed E-state index contributed by atoms with van der Waals surface area (Å²) in [5.74, 6) is -0.782. The molecule has 0 bridgehead atoms. The van der Waals surface area contributed by atoms with Crippen LogP contribution in [0, 0.1) is 17.0 Å². The van der Waals surface area contributed by atoms with Crippen LogP contribution in [-0.4, -0.2) is 33.4 Å². The van der Waals surface area contributed by atoms with Gasteiger partial charge in [0.15, 0.2) is 5.69 Å². The number of carbonyl (C=O) groups excluding carboxylic acids is 1. The third kappa shape index (κ3) is 6.25. The number of para-hydroxylation sites is 2. The molecule has 2 aromatic carbocycles. The van der Waals surface area contributed by atoms with Crippen LogP contribution in [0.5, 0.6) is 0 Å². The van der Waals surface area contributed by atoms with Crippen molar-refractivity contribution in [1.29, 1.82) is 0 Å². The predicted molar refractivity (Wildman–Crippen MR) is 115 cm³/mol. The lowest BCUT2D eigenvalue weighted by molar-refractivity contribution is -0.384. The number of nitro groups is 1. The topological polar surface area (TPSA) is 116 Å². The molecule has 0 saturated heterocycles. The van der Waals surface area contributed by atoms with Crippen molar-refractivity contribution in [1.82, 2.24) is 15.1 Å². The van der Waals surface area contributed by atoms with E-state index in [1.54, 1.807) is 30.3 Å². The molecule has 0 saturated carbocycles. The molecular weight excluding hydrogens is 457 g/mol. The molecule has 0 radical (unpaired) electrons. The molecule has 3 rings (SSSR count). The van der Waals surface area contributed by atoms with Crippen LogP contribution in [0.4, 0.5) is 18.9 Å². The smallest absolute Gasteiger partial charge is 0.367 e. The number of ether oxygens (including phenoxy) is 1. The Bertz CT molecular complexity index is 1260. The van der Waals surface area contributed by atoms with E-state index in [0.29, 0.717) is 16.8 Å². The molecule has 1 heterocycles. The van der Waals surface area contributed by atoms with Crippen LogP contribution in [-0.2, 0) is 17.9 Å². The van der Waals surface area contributed by atoms with Gasteiger partial charge in [0, 0.05) is 24.4 Å². The zero-order valence-electron chi connectivity index (χ0n) is 17.8. The summed E-state index contributed by atoms with van der Waals surface area (Å²) in [5, 5.41) is 17.9. The first kappa shape index (κ1) is 24.6. The molecule has 0 fully saturated rings. The van der Waals surface area contributed by atoms with Gasteiger partial charge in [-0.25, -0.2) is 4.68 Å². The zero-order chi connectivity index (χ0) is 24.9. The van der Waals surface area contributed by atoms with Gasteiger partial charge in [0.1, 0.15) is 12.3 Å². The Hall–Kier alpha value is -4.06. The average molecular weight is 476 g/mol. The van der Waals surface area contributed by atoms with Crippen LogP contribution in [0.3, 0.4) is 0 Å². The van der Waals surface area contributed by atoms with Gasteiger partial charge in [-0.2, -0.15) is 18.3 Å². The monoisotopic (exact) mass is 476 g/mol. The Morgan fingerprint density at radius 1 is 1.15 bits per heavy atom. The van der Waals surface area contributed by atoms with Crippen molar-refractivity contribution in [2.75, 3.05) is 6.61 Å². The third-order valence-electron chi connectivity index (χ3n) is 4.64. The summed E-state index contributed by atoms with van der Waals surface area (Å²) in [6.07, 6.45) is -4.40. The molecule has 0 aliphatic carbocycles. The number of nitrogens with zero attached hydrogens (tertiary/aromatic N) is 3. The number of carbonyl (C=O) groups is 1. The number of aromatic nitrogens is 2. The second-order valence-corrected chi connectivity index (χ2v) is 7.26. The van der Waals surface area contributed by atoms with E-state index in [2.05, 4.69) is 15.2 Å². The largest absolute Gasteiger partial charge is 0.411 e.